The zero-order valence-electron chi connectivity index (χ0n) is 14.4. The number of piperidine rings is 1. The molecule has 0 aromatic heterocycles. The van der Waals surface area contributed by atoms with E-state index in [2.05, 4.69) is 40.6 Å². The lowest BCUT2D eigenvalue weighted by Crippen LogP contribution is -2.59. The van der Waals surface area contributed by atoms with Crippen molar-refractivity contribution in [3.05, 3.63) is 0 Å². The average Bonchev–Trinajstić information content (AvgIpc) is 2.42. The lowest BCUT2D eigenvalue weighted by molar-refractivity contribution is -0.00868. The summed E-state index contributed by atoms with van der Waals surface area (Å²) in [5, 5.41) is 0. The van der Waals surface area contributed by atoms with Crippen LogP contribution in [-0.4, -0.2) is 99.1 Å². The van der Waals surface area contributed by atoms with Crippen LogP contribution in [0.3, 0.4) is 0 Å². The molecule has 21 heavy (non-hydrogen) atoms. The van der Waals surface area contributed by atoms with E-state index in [-0.39, 0.29) is 0 Å². The molecule has 122 valence electrons. The van der Waals surface area contributed by atoms with Crippen molar-refractivity contribution < 1.29 is 0 Å². The third kappa shape index (κ3) is 4.19. The van der Waals surface area contributed by atoms with Gasteiger partial charge in [-0.1, -0.05) is 6.92 Å². The Labute approximate surface area is 131 Å². The number of likely N-dealkylation sites (tertiary alicyclic amines) is 2. The molecule has 0 bridgehead atoms. The van der Waals surface area contributed by atoms with Gasteiger partial charge in [0, 0.05) is 57.8 Å². The Morgan fingerprint density at radius 3 is 1.95 bits per heavy atom. The van der Waals surface area contributed by atoms with Gasteiger partial charge in [-0.15, -0.1) is 0 Å². The quantitative estimate of drug-likeness (QED) is 0.764. The van der Waals surface area contributed by atoms with E-state index in [9.17, 15) is 0 Å². The van der Waals surface area contributed by atoms with Crippen LogP contribution >= 0.6 is 0 Å². The number of piperazine rings is 1. The van der Waals surface area contributed by atoms with Crippen LogP contribution in [0.2, 0.25) is 0 Å². The molecule has 0 aliphatic carbocycles. The van der Waals surface area contributed by atoms with Crippen molar-refractivity contribution in [3.8, 4) is 0 Å². The summed E-state index contributed by atoms with van der Waals surface area (Å²) in [6.45, 7) is 15.4. The minimum Gasteiger partial charge on any atom is -0.306 e. The monoisotopic (exact) mass is 294 g/mol. The topological polar surface area (TPSA) is 13.0 Å². The summed E-state index contributed by atoms with van der Waals surface area (Å²) in [4.78, 5) is 10.3. The van der Waals surface area contributed by atoms with Gasteiger partial charge < -0.3 is 19.6 Å². The molecule has 3 aliphatic heterocycles. The molecule has 0 spiro atoms. The Morgan fingerprint density at radius 2 is 1.38 bits per heavy atom. The fourth-order valence-electron chi connectivity index (χ4n) is 4.64. The van der Waals surface area contributed by atoms with E-state index in [4.69, 9.17) is 0 Å². The van der Waals surface area contributed by atoms with E-state index in [0.29, 0.717) is 5.41 Å². The maximum atomic E-state index is 2.72. The van der Waals surface area contributed by atoms with Gasteiger partial charge in [0.05, 0.1) is 0 Å². The Morgan fingerprint density at radius 1 is 0.810 bits per heavy atom. The summed E-state index contributed by atoms with van der Waals surface area (Å²) in [5.41, 5.74) is 0.560. The standard InChI is InChI=1S/C17H34N4/c1-17(13-19(3)14-17)15-21-10-8-20(9-11-21)12-16-4-6-18(2)7-5-16/h16H,4-15H2,1-3H3. The van der Waals surface area contributed by atoms with Crippen LogP contribution in [0.25, 0.3) is 0 Å². The lowest BCUT2D eigenvalue weighted by atomic mass is 9.82. The predicted molar refractivity (Wildman–Crippen MR) is 88.7 cm³/mol. The van der Waals surface area contributed by atoms with Gasteiger partial charge in [-0.2, -0.15) is 0 Å². The highest BCUT2D eigenvalue weighted by Gasteiger charge is 2.38. The van der Waals surface area contributed by atoms with E-state index in [1.807, 2.05) is 0 Å². The maximum absolute atomic E-state index is 2.72. The van der Waals surface area contributed by atoms with Gasteiger partial charge in [-0.25, -0.2) is 0 Å². The minimum absolute atomic E-state index is 0.560. The van der Waals surface area contributed by atoms with Crippen molar-refractivity contribution in [3.63, 3.8) is 0 Å². The molecular weight excluding hydrogens is 260 g/mol. The highest BCUT2D eigenvalue weighted by molar-refractivity contribution is 4.93. The number of rotatable bonds is 4. The Balaban J connectivity index is 1.35. The molecule has 0 amide bonds. The first-order valence-corrected chi connectivity index (χ1v) is 8.84. The zero-order valence-corrected chi connectivity index (χ0v) is 14.4. The van der Waals surface area contributed by atoms with Crippen molar-refractivity contribution in [2.75, 3.05) is 79.5 Å². The second kappa shape index (κ2) is 6.53. The number of nitrogens with zero attached hydrogens (tertiary/aromatic N) is 4. The molecule has 0 aromatic carbocycles. The van der Waals surface area contributed by atoms with E-state index >= 15 is 0 Å². The van der Waals surface area contributed by atoms with E-state index in [1.165, 1.54) is 78.3 Å². The highest BCUT2D eigenvalue weighted by atomic mass is 15.3. The van der Waals surface area contributed by atoms with Crippen LogP contribution in [0.15, 0.2) is 0 Å². The van der Waals surface area contributed by atoms with Crippen molar-refractivity contribution in [2.45, 2.75) is 19.8 Å². The molecule has 0 radical (unpaired) electrons. The first kappa shape index (κ1) is 15.7. The third-order valence-corrected chi connectivity index (χ3v) is 5.73. The van der Waals surface area contributed by atoms with Gasteiger partial charge in [-0.3, -0.25) is 0 Å². The summed E-state index contributed by atoms with van der Waals surface area (Å²) in [6, 6.07) is 0. The summed E-state index contributed by atoms with van der Waals surface area (Å²) in [7, 11) is 4.49. The predicted octanol–water partition coefficient (Wildman–Crippen LogP) is 0.898. The van der Waals surface area contributed by atoms with Crippen molar-refractivity contribution in [2.24, 2.45) is 11.3 Å². The Hall–Kier alpha value is -0.160. The van der Waals surface area contributed by atoms with Crippen LogP contribution in [0, 0.1) is 11.3 Å². The molecule has 3 rings (SSSR count). The molecule has 3 aliphatic rings. The van der Waals surface area contributed by atoms with Gasteiger partial charge >= 0.3 is 0 Å². The summed E-state index contributed by atoms with van der Waals surface area (Å²) in [6.07, 6.45) is 2.81. The third-order valence-electron chi connectivity index (χ3n) is 5.73. The smallest absolute Gasteiger partial charge is 0.0110 e. The average molecular weight is 294 g/mol. The van der Waals surface area contributed by atoms with Crippen molar-refractivity contribution >= 4 is 0 Å². The summed E-state index contributed by atoms with van der Waals surface area (Å²) < 4.78 is 0. The van der Waals surface area contributed by atoms with Crippen LogP contribution in [-0.2, 0) is 0 Å². The van der Waals surface area contributed by atoms with Crippen molar-refractivity contribution in [1.82, 2.24) is 19.6 Å². The second-order valence-corrected chi connectivity index (χ2v) is 8.31. The lowest BCUT2D eigenvalue weighted by Gasteiger charge is -2.50. The van der Waals surface area contributed by atoms with Gasteiger partial charge in [0.25, 0.3) is 0 Å². The molecule has 3 heterocycles. The Bertz CT molecular complexity index is 324. The first-order valence-electron chi connectivity index (χ1n) is 8.84. The fraction of sp³-hybridized carbons (Fsp3) is 1.00. The van der Waals surface area contributed by atoms with E-state index in [0.717, 1.165) is 5.92 Å². The summed E-state index contributed by atoms with van der Waals surface area (Å²) in [5.74, 6) is 0.950. The van der Waals surface area contributed by atoms with E-state index in [1.54, 1.807) is 0 Å². The fourth-order valence-corrected chi connectivity index (χ4v) is 4.64. The number of hydrogen-bond donors (Lipinski definition) is 0. The molecule has 3 fully saturated rings. The van der Waals surface area contributed by atoms with Crippen LogP contribution in [0.1, 0.15) is 19.8 Å². The second-order valence-electron chi connectivity index (χ2n) is 8.31. The molecule has 3 saturated heterocycles. The molecule has 0 unspecified atom stereocenters. The zero-order chi connectivity index (χ0) is 14.9. The largest absolute Gasteiger partial charge is 0.306 e. The van der Waals surface area contributed by atoms with Crippen LogP contribution in [0.4, 0.5) is 0 Å². The molecular formula is C17H34N4. The molecule has 0 aromatic rings. The highest BCUT2D eigenvalue weighted by Crippen LogP contribution is 2.29. The van der Waals surface area contributed by atoms with Crippen LogP contribution in [0.5, 0.6) is 0 Å². The molecule has 4 heteroatoms. The van der Waals surface area contributed by atoms with Gasteiger partial charge in [0.15, 0.2) is 0 Å². The molecule has 4 nitrogen and oxygen atoms in total. The SMILES string of the molecule is CN1CCC(CN2CCN(CC3(C)CN(C)C3)CC2)CC1. The van der Waals surface area contributed by atoms with Gasteiger partial charge in [0.2, 0.25) is 0 Å². The molecule has 0 N–H and O–H groups in total. The Kier molecular flexibility index (Phi) is 4.89. The normalized spacial score (nSPS) is 30.4. The summed E-state index contributed by atoms with van der Waals surface area (Å²) >= 11 is 0. The van der Waals surface area contributed by atoms with Crippen LogP contribution < -0.4 is 0 Å². The number of hydrogen-bond acceptors (Lipinski definition) is 4. The van der Waals surface area contributed by atoms with Gasteiger partial charge in [-0.05, 0) is 45.9 Å². The van der Waals surface area contributed by atoms with Gasteiger partial charge in [0.1, 0.15) is 0 Å². The molecule has 0 atom stereocenters. The maximum Gasteiger partial charge on any atom is 0.0110 e. The first-order chi connectivity index (χ1) is 10.0. The van der Waals surface area contributed by atoms with Crippen molar-refractivity contribution in [1.29, 1.82) is 0 Å². The van der Waals surface area contributed by atoms with E-state index < -0.39 is 0 Å². The molecule has 0 saturated carbocycles. The minimum atomic E-state index is 0.560.